The van der Waals surface area contributed by atoms with Crippen LogP contribution < -0.4 is 5.43 Å². The first kappa shape index (κ1) is 52.3. The van der Waals surface area contributed by atoms with Crippen LogP contribution in [0.5, 0.6) is 0 Å². The number of carbonyl (C=O) groups is 3. The Kier molecular flexibility index (Phi) is 20.7. The molecule has 0 amide bonds. The molecule has 0 radical (unpaired) electrons. The molecule has 15 nitrogen and oxygen atoms in total. The molecule has 0 saturated heterocycles. The number of amidine groups is 1. The zero-order valence-corrected chi connectivity index (χ0v) is 40.2. The quantitative estimate of drug-likeness (QED) is 0.0290. The molecule has 0 aliphatic carbocycles. The molecule has 1 N–H and O–H groups in total. The van der Waals surface area contributed by atoms with Gasteiger partial charge in [0, 0.05) is 61.7 Å². The Labute approximate surface area is 429 Å². The molecular formula is C54H41Cl3N9O6+. The number of nitrogens with zero attached hydrogens (tertiary/aromatic N) is 8. The minimum Gasteiger partial charge on any atom is -0.458 e. The van der Waals surface area contributed by atoms with Crippen molar-refractivity contribution in [1.82, 2.24) is 35.0 Å². The van der Waals surface area contributed by atoms with Crippen LogP contribution in [0.1, 0.15) is 22.3 Å². The molecule has 3 heterocycles. The number of esters is 3. The van der Waals surface area contributed by atoms with Crippen LogP contribution in [0.3, 0.4) is 0 Å². The van der Waals surface area contributed by atoms with Crippen molar-refractivity contribution in [3.8, 4) is 35.1 Å². The molecule has 0 spiro atoms. The number of hydrazone groups is 1. The molecule has 72 heavy (non-hydrogen) atoms. The van der Waals surface area contributed by atoms with Gasteiger partial charge in [-0.05, 0) is 64.3 Å². The lowest BCUT2D eigenvalue weighted by Crippen LogP contribution is -2.01. The summed E-state index contributed by atoms with van der Waals surface area (Å²) >= 11 is 17.7. The Morgan fingerprint density at radius 3 is 1.35 bits per heavy atom. The van der Waals surface area contributed by atoms with Gasteiger partial charge in [-0.1, -0.05) is 156 Å². The van der Waals surface area contributed by atoms with Crippen molar-refractivity contribution < 1.29 is 28.6 Å². The third-order valence-corrected chi connectivity index (χ3v) is 9.85. The molecule has 0 atom stereocenters. The Bertz CT molecular complexity index is 3050. The number of benzene rings is 6. The van der Waals surface area contributed by atoms with Gasteiger partial charge in [0.25, 0.3) is 0 Å². The van der Waals surface area contributed by atoms with Crippen LogP contribution in [0, 0.1) is 12.3 Å². The minimum absolute atomic E-state index is 0.231. The summed E-state index contributed by atoms with van der Waals surface area (Å²) in [5.41, 5.74) is 7.82. The molecule has 9 rings (SSSR count). The Morgan fingerprint density at radius 1 is 0.556 bits per heavy atom. The van der Waals surface area contributed by atoms with Crippen molar-refractivity contribution in [2.24, 2.45) is 10.1 Å². The van der Waals surface area contributed by atoms with Crippen LogP contribution in [-0.2, 0) is 48.4 Å². The highest BCUT2D eigenvalue weighted by Gasteiger charge is 2.17. The van der Waals surface area contributed by atoms with Crippen LogP contribution in [0.4, 0.5) is 0 Å². The van der Waals surface area contributed by atoms with E-state index in [0.29, 0.717) is 32.6 Å². The SMILES string of the molecule is C#CC(=O)OCc1ccccc1.Clc1cccc(C2=NN[C+]=N2)c1.O=C(/C=C/n1cnc(-c2cccc(Cl)c2)n1)OCc1ccccc1.O=C(/C=C\n1cnc(-c2cccc(Cl)c2)n1)OCc1ccccc1. The van der Waals surface area contributed by atoms with Gasteiger partial charge in [0.2, 0.25) is 0 Å². The topological polar surface area (TPSA) is 177 Å². The van der Waals surface area contributed by atoms with Crippen molar-refractivity contribution in [3.05, 3.63) is 226 Å². The molecule has 2 aromatic heterocycles. The van der Waals surface area contributed by atoms with E-state index in [9.17, 15) is 14.4 Å². The lowest BCUT2D eigenvalue weighted by molar-refractivity contribution is -0.139. The predicted octanol–water partition coefficient (Wildman–Crippen LogP) is 10.5. The number of aliphatic imine (C=N–C) groups is 1. The van der Waals surface area contributed by atoms with Gasteiger partial charge in [0.05, 0.1) is 0 Å². The second kappa shape index (κ2) is 28.5. The largest absolute Gasteiger partial charge is 0.458 e. The van der Waals surface area contributed by atoms with E-state index < -0.39 is 17.9 Å². The summed E-state index contributed by atoms with van der Waals surface area (Å²) < 4.78 is 17.9. The number of aromatic nitrogens is 6. The summed E-state index contributed by atoms with van der Waals surface area (Å²) in [6.07, 6.45) is 16.0. The highest BCUT2D eigenvalue weighted by atomic mass is 35.5. The van der Waals surface area contributed by atoms with Crippen molar-refractivity contribution in [3.63, 3.8) is 0 Å². The van der Waals surface area contributed by atoms with E-state index >= 15 is 0 Å². The highest BCUT2D eigenvalue weighted by Crippen LogP contribution is 2.20. The lowest BCUT2D eigenvalue weighted by atomic mass is 10.2. The van der Waals surface area contributed by atoms with Gasteiger partial charge in [0.1, 0.15) is 38.0 Å². The minimum atomic E-state index is -0.626. The summed E-state index contributed by atoms with van der Waals surface area (Å²) in [5, 5.41) is 14.3. The number of hydrogen-bond donors (Lipinski definition) is 1. The molecule has 18 heteroatoms. The van der Waals surface area contributed by atoms with E-state index in [1.807, 2.05) is 133 Å². The average Bonchev–Trinajstić information content (AvgIpc) is 4.24. The van der Waals surface area contributed by atoms with Crippen molar-refractivity contribution in [1.29, 1.82) is 0 Å². The maximum Gasteiger partial charge on any atom is 0.384 e. The third kappa shape index (κ3) is 18.5. The Hall–Kier alpha value is -9.03. The van der Waals surface area contributed by atoms with E-state index in [2.05, 4.69) is 42.0 Å². The molecule has 0 saturated carbocycles. The fourth-order valence-electron chi connectivity index (χ4n) is 5.74. The third-order valence-electron chi connectivity index (χ3n) is 9.14. The summed E-state index contributed by atoms with van der Waals surface area (Å²) in [6.45, 7) is 0.703. The van der Waals surface area contributed by atoms with Gasteiger partial charge >= 0.3 is 30.1 Å². The smallest absolute Gasteiger partial charge is 0.384 e. The van der Waals surface area contributed by atoms with Crippen LogP contribution in [0.2, 0.25) is 15.1 Å². The summed E-state index contributed by atoms with van der Waals surface area (Å²) in [5.74, 6) is 2.02. The first-order valence-electron chi connectivity index (χ1n) is 21.4. The number of rotatable bonds is 13. The summed E-state index contributed by atoms with van der Waals surface area (Å²) in [6, 6.07) is 50.2. The molecule has 6 aromatic carbocycles. The second-order valence-corrected chi connectivity index (χ2v) is 15.7. The van der Waals surface area contributed by atoms with E-state index in [1.54, 1.807) is 36.4 Å². The van der Waals surface area contributed by atoms with Crippen molar-refractivity contribution in [2.45, 2.75) is 19.8 Å². The number of nitrogens with one attached hydrogen (secondary N) is 1. The van der Waals surface area contributed by atoms with E-state index in [4.69, 9.17) is 55.4 Å². The van der Waals surface area contributed by atoms with E-state index in [-0.39, 0.29) is 19.8 Å². The average molecular weight is 1020 g/mol. The highest BCUT2D eigenvalue weighted by molar-refractivity contribution is 6.31. The number of carbonyl (C=O) groups excluding carboxylic acids is 3. The van der Waals surface area contributed by atoms with Crippen molar-refractivity contribution in [2.75, 3.05) is 0 Å². The van der Waals surface area contributed by atoms with Crippen molar-refractivity contribution >= 4 is 77.3 Å². The van der Waals surface area contributed by atoms with E-state index in [0.717, 1.165) is 33.4 Å². The predicted molar refractivity (Wildman–Crippen MR) is 278 cm³/mol. The van der Waals surface area contributed by atoms with Gasteiger partial charge in [-0.25, -0.2) is 33.7 Å². The Morgan fingerprint density at radius 2 is 0.958 bits per heavy atom. The van der Waals surface area contributed by atoms with Gasteiger partial charge in [-0.2, -0.15) is 0 Å². The zero-order valence-electron chi connectivity index (χ0n) is 37.9. The van der Waals surface area contributed by atoms with Gasteiger partial charge in [0.15, 0.2) is 11.6 Å². The molecule has 0 unspecified atom stereocenters. The molecule has 1 aliphatic heterocycles. The number of terminal acetylenes is 1. The fourth-order valence-corrected chi connectivity index (χ4v) is 6.31. The first-order chi connectivity index (χ1) is 35.1. The van der Waals surface area contributed by atoms with Gasteiger partial charge < -0.3 is 14.2 Å². The molecule has 0 bridgehead atoms. The zero-order chi connectivity index (χ0) is 50.8. The van der Waals surface area contributed by atoms with Crippen LogP contribution >= 0.6 is 34.8 Å². The van der Waals surface area contributed by atoms with Crippen LogP contribution in [0.25, 0.3) is 35.2 Å². The summed E-state index contributed by atoms with van der Waals surface area (Å²) in [4.78, 5) is 46.2. The summed E-state index contributed by atoms with van der Waals surface area (Å²) in [7, 11) is 0. The monoisotopic (exact) mass is 1020 g/mol. The number of halogens is 3. The van der Waals surface area contributed by atoms with E-state index in [1.165, 1.54) is 46.6 Å². The lowest BCUT2D eigenvalue weighted by Gasteiger charge is -2.01. The molecular weight excluding hydrogens is 977 g/mol. The number of ether oxygens (including phenoxy) is 3. The van der Waals surface area contributed by atoms with Gasteiger partial charge in [-0.15, -0.1) is 22.0 Å². The fraction of sp³-hybridized carbons (Fsp3) is 0.0556. The maximum atomic E-state index is 11.7. The standard InChI is InChI=1S/2C18H14ClN3O2.C10H8O2.C8H5ClN3/c2*19-16-8-4-7-15(11-16)18-20-13-22(21-18)10-9-17(23)24-12-14-5-2-1-3-6-14;1-2-10(11)12-8-9-6-4-3-5-7-9;9-7-3-1-2-6(4-7)8-10-5-11-12-8/h2*1-11,13H,12H2;1,3-7H,8H2;1-4H,(H,10,11,12)/q;;;+1/b10-9+;10-9-;;. The maximum absolute atomic E-state index is 11.7. The number of hydrogen-bond acceptors (Lipinski definition) is 13. The normalized spacial score (nSPS) is 10.9. The second-order valence-electron chi connectivity index (χ2n) is 14.4. The molecule has 1 aliphatic rings. The van der Waals surface area contributed by atoms with Crippen LogP contribution in [0.15, 0.2) is 199 Å². The Balaban J connectivity index is 0.000000165. The molecule has 0 fully saturated rings. The first-order valence-corrected chi connectivity index (χ1v) is 22.6. The molecule has 358 valence electrons. The van der Waals surface area contributed by atoms with Gasteiger partial charge in [-0.3, -0.25) is 0 Å². The van der Waals surface area contributed by atoms with Crippen LogP contribution in [-0.4, -0.2) is 59.6 Å². The molecule has 8 aromatic rings.